The number of ether oxygens (including phenoxy) is 1. The summed E-state index contributed by atoms with van der Waals surface area (Å²) in [7, 11) is 0. The van der Waals surface area contributed by atoms with Gasteiger partial charge in [-0.25, -0.2) is 4.68 Å². The minimum absolute atomic E-state index is 0.0237. The molecule has 26 heavy (non-hydrogen) atoms. The SMILES string of the molecule is CC1(C)COC(c2cccc(Cl)c2)CN1CCc1cn(CC(=O)O)nn1. The average molecular weight is 379 g/mol. The van der Waals surface area contributed by atoms with Crippen molar-refractivity contribution in [3.8, 4) is 0 Å². The van der Waals surface area contributed by atoms with Crippen LogP contribution >= 0.6 is 11.6 Å². The van der Waals surface area contributed by atoms with Gasteiger partial charge in [-0.1, -0.05) is 28.9 Å². The van der Waals surface area contributed by atoms with Gasteiger partial charge >= 0.3 is 5.97 Å². The number of aromatic nitrogens is 3. The molecule has 1 aromatic heterocycles. The van der Waals surface area contributed by atoms with E-state index in [2.05, 4.69) is 29.1 Å². The topological polar surface area (TPSA) is 80.5 Å². The molecule has 0 amide bonds. The Morgan fingerprint density at radius 2 is 2.27 bits per heavy atom. The summed E-state index contributed by atoms with van der Waals surface area (Å²) < 4.78 is 7.41. The van der Waals surface area contributed by atoms with E-state index in [1.165, 1.54) is 4.68 Å². The van der Waals surface area contributed by atoms with E-state index in [1.807, 2.05) is 24.3 Å². The van der Waals surface area contributed by atoms with Crippen LogP contribution in [0.3, 0.4) is 0 Å². The molecule has 8 heteroatoms. The van der Waals surface area contributed by atoms with Crippen LogP contribution in [0.4, 0.5) is 0 Å². The Hall–Kier alpha value is -1.96. The van der Waals surface area contributed by atoms with Crippen LogP contribution in [0, 0.1) is 0 Å². The predicted molar refractivity (Wildman–Crippen MR) is 97.2 cm³/mol. The van der Waals surface area contributed by atoms with Crippen LogP contribution in [0.5, 0.6) is 0 Å². The number of rotatable bonds is 6. The van der Waals surface area contributed by atoms with Crippen molar-refractivity contribution in [3.63, 3.8) is 0 Å². The molecule has 1 N–H and O–H groups in total. The van der Waals surface area contributed by atoms with Crippen LogP contribution < -0.4 is 0 Å². The molecule has 0 radical (unpaired) electrons. The molecule has 1 aliphatic rings. The molecular formula is C18H23ClN4O3. The number of carbonyl (C=O) groups is 1. The number of carboxylic acid groups (broad SMARTS) is 1. The molecule has 140 valence electrons. The molecule has 0 spiro atoms. The van der Waals surface area contributed by atoms with Gasteiger partial charge in [0.1, 0.15) is 6.54 Å². The molecule has 7 nitrogen and oxygen atoms in total. The normalized spacial score (nSPS) is 20.2. The van der Waals surface area contributed by atoms with Crippen molar-refractivity contribution in [1.82, 2.24) is 19.9 Å². The van der Waals surface area contributed by atoms with Crippen LogP contribution in [0.25, 0.3) is 0 Å². The van der Waals surface area contributed by atoms with Gasteiger partial charge in [-0.2, -0.15) is 0 Å². The average Bonchev–Trinajstić information content (AvgIpc) is 3.00. The lowest BCUT2D eigenvalue weighted by Gasteiger charge is -2.45. The maximum Gasteiger partial charge on any atom is 0.325 e. The van der Waals surface area contributed by atoms with Gasteiger partial charge in [0.15, 0.2) is 0 Å². The number of morpholine rings is 1. The van der Waals surface area contributed by atoms with E-state index >= 15 is 0 Å². The van der Waals surface area contributed by atoms with Crippen molar-refractivity contribution >= 4 is 17.6 Å². The first-order valence-electron chi connectivity index (χ1n) is 8.56. The van der Waals surface area contributed by atoms with Crippen LogP contribution in [-0.2, 0) is 22.5 Å². The van der Waals surface area contributed by atoms with Crippen LogP contribution in [0.2, 0.25) is 5.02 Å². The molecule has 2 aromatic rings. The van der Waals surface area contributed by atoms with Gasteiger partial charge in [0.2, 0.25) is 0 Å². The summed E-state index contributed by atoms with van der Waals surface area (Å²) in [6.45, 7) is 6.31. The zero-order chi connectivity index (χ0) is 18.7. The lowest BCUT2D eigenvalue weighted by Crippen LogP contribution is -2.54. The summed E-state index contributed by atoms with van der Waals surface area (Å²) in [6.07, 6.45) is 2.37. The first kappa shape index (κ1) is 18.8. The molecule has 0 aliphatic carbocycles. The smallest absolute Gasteiger partial charge is 0.325 e. The highest BCUT2D eigenvalue weighted by Crippen LogP contribution is 2.31. The summed E-state index contributed by atoms with van der Waals surface area (Å²) in [4.78, 5) is 13.1. The van der Waals surface area contributed by atoms with Gasteiger partial charge in [0.05, 0.1) is 18.4 Å². The van der Waals surface area contributed by atoms with Crippen molar-refractivity contribution in [2.75, 3.05) is 19.7 Å². The van der Waals surface area contributed by atoms with Crippen molar-refractivity contribution in [3.05, 3.63) is 46.7 Å². The highest BCUT2D eigenvalue weighted by Gasteiger charge is 2.35. The first-order chi connectivity index (χ1) is 12.3. The van der Waals surface area contributed by atoms with Crippen LogP contribution in [0.1, 0.15) is 31.2 Å². The quantitative estimate of drug-likeness (QED) is 0.831. The number of nitrogens with zero attached hydrogens (tertiary/aromatic N) is 4. The fraction of sp³-hybridized carbons (Fsp3) is 0.500. The van der Waals surface area contributed by atoms with E-state index in [9.17, 15) is 4.79 Å². The largest absolute Gasteiger partial charge is 0.480 e. The summed E-state index contributed by atoms with van der Waals surface area (Å²) >= 11 is 6.11. The molecule has 0 saturated carbocycles. The fourth-order valence-electron chi connectivity index (χ4n) is 3.12. The summed E-state index contributed by atoms with van der Waals surface area (Å²) in [5, 5.41) is 17.4. The number of halogens is 1. The van der Waals surface area contributed by atoms with Gasteiger partial charge in [0, 0.05) is 36.3 Å². The second-order valence-corrected chi connectivity index (χ2v) is 7.60. The molecule has 1 atom stereocenters. The summed E-state index contributed by atoms with van der Waals surface area (Å²) in [6, 6.07) is 7.77. The van der Waals surface area contributed by atoms with Crippen molar-refractivity contribution in [2.45, 2.75) is 38.5 Å². The third-order valence-corrected chi connectivity index (χ3v) is 4.86. The van der Waals surface area contributed by atoms with Gasteiger partial charge in [-0.05, 0) is 31.5 Å². The van der Waals surface area contributed by atoms with Gasteiger partial charge in [-0.15, -0.1) is 5.10 Å². The zero-order valence-electron chi connectivity index (χ0n) is 14.9. The predicted octanol–water partition coefficient (Wildman–Crippen LogP) is 2.41. The Balaban J connectivity index is 1.64. The molecule has 1 aliphatic heterocycles. The maximum absolute atomic E-state index is 10.7. The Morgan fingerprint density at radius 3 is 3.00 bits per heavy atom. The lowest BCUT2D eigenvalue weighted by molar-refractivity contribution is -0.137. The van der Waals surface area contributed by atoms with E-state index < -0.39 is 5.97 Å². The first-order valence-corrected chi connectivity index (χ1v) is 8.94. The highest BCUT2D eigenvalue weighted by molar-refractivity contribution is 6.30. The number of hydrogen-bond acceptors (Lipinski definition) is 5. The molecule has 3 rings (SSSR count). The minimum Gasteiger partial charge on any atom is -0.480 e. The van der Waals surface area contributed by atoms with E-state index in [-0.39, 0.29) is 18.2 Å². The Morgan fingerprint density at radius 1 is 1.46 bits per heavy atom. The van der Waals surface area contributed by atoms with E-state index in [1.54, 1.807) is 6.20 Å². The summed E-state index contributed by atoms with van der Waals surface area (Å²) in [5.74, 6) is -0.930. The van der Waals surface area contributed by atoms with E-state index in [0.717, 1.165) is 24.3 Å². The van der Waals surface area contributed by atoms with Crippen molar-refractivity contribution in [1.29, 1.82) is 0 Å². The second kappa shape index (κ2) is 7.73. The molecule has 1 unspecified atom stereocenters. The lowest BCUT2D eigenvalue weighted by atomic mass is 9.97. The third-order valence-electron chi connectivity index (χ3n) is 4.62. The van der Waals surface area contributed by atoms with Gasteiger partial charge in [-0.3, -0.25) is 9.69 Å². The molecule has 1 aromatic carbocycles. The Bertz CT molecular complexity index is 777. The van der Waals surface area contributed by atoms with Crippen LogP contribution in [-0.4, -0.2) is 56.2 Å². The number of benzene rings is 1. The number of hydrogen-bond donors (Lipinski definition) is 1. The zero-order valence-corrected chi connectivity index (χ0v) is 15.7. The fourth-order valence-corrected chi connectivity index (χ4v) is 3.32. The molecular weight excluding hydrogens is 356 g/mol. The molecule has 0 bridgehead atoms. The van der Waals surface area contributed by atoms with Gasteiger partial charge < -0.3 is 9.84 Å². The molecule has 2 heterocycles. The molecule has 1 fully saturated rings. The third kappa shape index (κ3) is 4.60. The maximum atomic E-state index is 10.7. The van der Waals surface area contributed by atoms with Crippen LogP contribution in [0.15, 0.2) is 30.5 Å². The Kier molecular flexibility index (Phi) is 5.60. The second-order valence-electron chi connectivity index (χ2n) is 7.16. The standard InChI is InChI=1S/C18H23ClN4O3/c1-18(2)12-26-16(13-4-3-5-14(19)8-13)10-22(18)7-6-15-9-23(21-20-15)11-17(24)25/h3-5,8-9,16H,6-7,10-12H2,1-2H3,(H,24,25). The minimum atomic E-state index is -0.930. The van der Waals surface area contributed by atoms with Crippen molar-refractivity contribution < 1.29 is 14.6 Å². The number of carboxylic acids is 1. The summed E-state index contributed by atoms with van der Waals surface area (Å²) in [5.41, 5.74) is 1.77. The van der Waals surface area contributed by atoms with Gasteiger partial charge in [0.25, 0.3) is 0 Å². The molecule has 1 saturated heterocycles. The van der Waals surface area contributed by atoms with E-state index in [4.69, 9.17) is 21.4 Å². The van der Waals surface area contributed by atoms with E-state index in [0.29, 0.717) is 18.1 Å². The monoisotopic (exact) mass is 378 g/mol. The Labute approximate surface area is 157 Å². The highest BCUT2D eigenvalue weighted by atomic mass is 35.5. The van der Waals surface area contributed by atoms with Crippen molar-refractivity contribution in [2.24, 2.45) is 0 Å². The number of aliphatic carboxylic acids is 1.